The van der Waals surface area contributed by atoms with Crippen molar-refractivity contribution in [2.24, 2.45) is 0 Å². The van der Waals surface area contributed by atoms with Gasteiger partial charge in [-0.25, -0.2) is 9.59 Å². The largest absolute Gasteiger partial charge is 0.481 e. The van der Waals surface area contributed by atoms with Crippen LogP contribution in [0, 0.1) is 0 Å². The van der Waals surface area contributed by atoms with Gasteiger partial charge in [-0.3, -0.25) is 9.78 Å². The Balaban J connectivity index is 2.52. The maximum atomic E-state index is 11.5. The highest BCUT2D eigenvalue weighted by Gasteiger charge is 2.20. The molecular formula is C11H13N3O5. The first-order valence-corrected chi connectivity index (χ1v) is 5.41. The summed E-state index contributed by atoms with van der Waals surface area (Å²) in [7, 11) is 0. The Morgan fingerprint density at radius 1 is 1.32 bits per heavy atom. The van der Waals surface area contributed by atoms with Crippen LogP contribution in [-0.2, 0) is 9.59 Å². The number of aliphatic carboxylic acids is 2. The summed E-state index contributed by atoms with van der Waals surface area (Å²) in [6.45, 7) is 0. The molecular weight excluding hydrogens is 254 g/mol. The molecule has 0 aliphatic rings. The normalized spacial score (nSPS) is 11.4. The molecule has 102 valence electrons. The van der Waals surface area contributed by atoms with E-state index in [1.807, 2.05) is 0 Å². The van der Waals surface area contributed by atoms with Crippen LogP contribution in [0.3, 0.4) is 0 Å². The minimum atomic E-state index is -1.29. The van der Waals surface area contributed by atoms with Crippen molar-refractivity contribution >= 4 is 23.7 Å². The standard InChI is InChI=1S/C11H13N3O5/c15-9(16)4-3-8(10(17)18)14-11(19)13-7-2-1-5-12-6-7/h1-2,5-6,8H,3-4H2,(H,15,16)(H,17,18)(H2,13,14,19)/t8-/m0/s1. The predicted molar refractivity (Wildman–Crippen MR) is 64.7 cm³/mol. The lowest BCUT2D eigenvalue weighted by atomic mass is 10.1. The monoisotopic (exact) mass is 267 g/mol. The maximum absolute atomic E-state index is 11.5. The quantitative estimate of drug-likeness (QED) is 0.594. The first-order chi connectivity index (χ1) is 8.99. The lowest BCUT2D eigenvalue weighted by Gasteiger charge is -2.14. The molecule has 0 aliphatic heterocycles. The van der Waals surface area contributed by atoms with E-state index >= 15 is 0 Å². The van der Waals surface area contributed by atoms with Gasteiger partial charge in [-0.15, -0.1) is 0 Å². The number of pyridine rings is 1. The zero-order valence-electron chi connectivity index (χ0n) is 9.87. The highest BCUT2D eigenvalue weighted by atomic mass is 16.4. The second-order valence-corrected chi connectivity index (χ2v) is 3.66. The lowest BCUT2D eigenvalue weighted by Crippen LogP contribution is -2.43. The zero-order chi connectivity index (χ0) is 14.3. The summed E-state index contributed by atoms with van der Waals surface area (Å²) in [6.07, 6.45) is 2.39. The number of amides is 2. The van der Waals surface area contributed by atoms with E-state index in [2.05, 4.69) is 15.6 Å². The topological polar surface area (TPSA) is 129 Å². The van der Waals surface area contributed by atoms with Crippen LogP contribution in [-0.4, -0.2) is 39.2 Å². The molecule has 8 nitrogen and oxygen atoms in total. The predicted octanol–water partition coefficient (Wildman–Crippen LogP) is 0.521. The lowest BCUT2D eigenvalue weighted by molar-refractivity contribution is -0.140. The molecule has 0 saturated heterocycles. The van der Waals surface area contributed by atoms with Crippen LogP contribution in [0.2, 0.25) is 0 Å². The van der Waals surface area contributed by atoms with Gasteiger partial charge in [0, 0.05) is 12.6 Å². The molecule has 0 aliphatic carbocycles. The molecule has 8 heteroatoms. The van der Waals surface area contributed by atoms with Gasteiger partial charge in [0.05, 0.1) is 11.9 Å². The molecule has 1 aromatic rings. The number of carbonyl (C=O) groups excluding carboxylic acids is 1. The second kappa shape index (κ2) is 6.94. The van der Waals surface area contributed by atoms with E-state index in [0.717, 1.165) is 0 Å². The Morgan fingerprint density at radius 3 is 2.58 bits per heavy atom. The van der Waals surface area contributed by atoms with Gasteiger partial charge in [0.15, 0.2) is 0 Å². The summed E-state index contributed by atoms with van der Waals surface area (Å²) < 4.78 is 0. The van der Waals surface area contributed by atoms with Crippen LogP contribution in [0.4, 0.5) is 10.5 Å². The zero-order valence-corrected chi connectivity index (χ0v) is 9.87. The highest BCUT2D eigenvalue weighted by molar-refractivity contribution is 5.92. The van der Waals surface area contributed by atoms with E-state index in [0.29, 0.717) is 5.69 Å². The number of carboxylic acid groups (broad SMARTS) is 2. The summed E-state index contributed by atoms with van der Waals surface area (Å²) in [5.74, 6) is -2.41. The van der Waals surface area contributed by atoms with E-state index in [9.17, 15) is 14.4 Å². The molecule has 1 rings (SSSR count). The van der Waals surface area contributed by atoms with Crippen molar-refractivity contribution in [3.63, 3.8) is 0 Å². The Morgan fingerprint density at radius 2 is 2.05 bits per heavy atom. The average molecular weight is 267 g/mol. The fourth-order valence-corrected chi connectivity index (χ4v) is 1.29. The van der Waals surface area contributed by atoms with Crippen LogP contribution in [0.5, 0.6) is 0 Å². The van der Waals surface area contributed by atoms with Gasteiger partial charge in [-0.2, -0.15) is 0 Å². The number of carboxylic acids is 2. The molecule has 4 N–H and O–H groups in total. The van der Waals surface area contributed by atoms with E-state index < -0.39 is 24.0 Å². The number of aromatic nitrogens is 1. The van der Waals surface area contributed by atoms with Crippen molar-refractivity contribution in [1.82, 2.24) is 10.3 Å². The Labute approximate surface area is 108 Å². The number of rotatable bonds is 6. The van der Waals surface area contributed by atoms with Crippen molar-refractivity contribution in [3.8, 4) is 0 Å². The molecule has 0 unspecified atom stereocenters. The molecule has 0 radical (unpaired) electrons. The Bertz CT molecular complexity index is 463. The van der Waals surface area contributed by atoms with Crippen LogP contribution in [0.25, 0.3) is 0 Å². The summed E-state index contributed by atoms with van der Waals surface area (Å²) in [5, 5.41) is 21.9. The summed E-state index contributed by atoms with van der Waals surface area (Å²) in [6, 6.07) is 1.20. The highest BCUT2D eigenvalue weighted by Crippen LogP contribution is 2.03. The number of nitrogens with one attached hydrogen (secondary N) is 2. The van der Waals surface area contributed by atoms with Crippen molar-refractivity contribution in [2.45, 2.75) is 18.9 Å². The fraction of sp³-hybridized carbons (Fsp3) is 0.273. The first kappa shape index (κ1) is 14.4. The average Bonchev–Trinajstić information content (AvgIpc) is 2.35. The van der Waals surface area contributed by atoms with Crippen molar-refractivity contribution in [3.05, 3.63) is 24.5 Å². The molecule has 0 saturated carbocycles. The number of urea groups is 1. The van der Waals surface area contributed by atoms with Crippen LogP contribution < -0.4 is 10.6 Å². The van der Waals surface area contributed by atoms with Gasteiger partial charge in [0.1, 0.15) is 6.04 Å². The molecule has 0 aromatic carbocycles. The van der Waals surface area contributed by atoms with Crippen LogP contribution in [0.15, 0.2) is 24.5 Å². The molecule has 1 heterocycles. The van der Waals surface area contributed by atoms with Gasteiger partial charge >= 0.3 is 18.0 Å². The summed E-state index contributed by atoms with van der Waals surface area (Å²) >= 11 is 0. The third-order valence-electron chi connectivity index (χ3n) is 2.17. The van der Waals surface area contributed by atoms with Crippen LogP contribution >= 0.6 is 0 Å². The van der Waals surface area contributed by atoms with Crippen molar-refractivity contribution in [2.75, 3.05) is 5.32 Å². The number of hydrogen-bond donors (Lipinski definition) is 4. The number of anilines is 1. The van der Waals surface area contributed by atoms with Gasteiger partial charge in [0.2, 0.25) is 0 Å². The molecule has 19 heavy (non-hydrogen) atoms. The molecule has 1 atom stereocenters. The molecule has 1 aromatic heterocycles. The number of carbonyl (C=O) groups is 3. The minimum absolute atomic E-state index is 0.189. The Kier molecular flexibility index (Phi) is 5.27. The third kappa shape index (κ3) is 5.48. The van der Waals surface area contributed by atoms with Crippen LogP contribution in [0.1, 0.15) is 12.8 Å². The van der Waals surface area contributed by atoms with Crippen molar-refractivity contribution in [1.29, 1.82) is 0 Å². The molecule has 0 fully saturated rings. The van der Waals surface area contributed by atoms with Gasteiger partial charge in [-0.1, -0.05) is 0 Å². The van der Waals surface area contributed by atoms with E-state index in [4.69, 9.17) is 10.2 Å². The van der Waals surface area contributed by atoms with E-state index in [1.165, 1.54) is 12.4 Å². The molecule has 0 bridgehead atoms. The first-order valence-electron chi connectivity index (χ1n) is 5.41. The van der Waals surface area contributed by atoms with Gasteiger partial charge in [0.25, 0.3) is 0 Å². The van der Waals surface area contributed by atoms with Gasteiger partial charge in [-0.05, 0) is 18.6 Å². The van der Waals surface area contributed by atoms with Gasteiger partial charge < -0.3 is 20.8 Å². The second-order valence-electron chi connectivity index (χ2n) is 3.66. The summed E-state index contributed by atoms with van der Waals surface area (Å²) in [4.78, 5) is 36.5. The van der Waals surface area contributed by atoms with E-state index in [1.54, 1.807) is 12.1 Å². The SMILES string of the molecule is O=C(O)CC[C@H](NC(=O)Nc1cccnc1)C(=O)O. The fourth-order valence-electron chi connectivity index (χ4n) is 1.29. The maximum Gasteiger partial charge on any atom is 0.326 e. The minimum Gasteiger partial charge on any atom is -0.481 e. The molecule has 2 amide bonds. The van der Waals surface area contributed by atoms with Crippen molar-refractivity contribution < 1.29 is 24.6 Å². The third-order valence-corrected chi connectivity index (χ3v) is 2.17. The number of hydrogen-bond acceptors (Lipinski definition) is 4. The van der Waals surface area contributed by atoms with E-state index in [-0.39, 0.29) is 12.8 Å². The number of nitrogens with zero attached hydrogens (tertiary/aromatic N) is 1. The summed E-state index contributed by atoms with van der Waals surface area (Å²) in [5.41, 5.74) is 0.405. The smallest absolute Gasteiger partial charge is 0.326 e. The Hall–Kier alpha value is -2.64. The molecule has 0 spiro atoms.